The summed E-state index contributed by atoms with van der Waals surface area (Å²) in [5.74, 6) is 0.140. The predicted molar refractivity (Wildman–Crippen MR) is 95.9 cm³/mol. The molecular weight excluding hydrogens is 331 g/mol. The van der Waals surface area contributed by atoms with E-state index in [0.717, 1.165) is 36.8 Å². The Bertz CT molecular complexity index is 662. The van der Waals surface area contributed by atoms with Crippen LogP contribution in [0.5, 0.6) is 0 Å². The summed E-state index contributed by atoms with van der Waals surface area (Å²) < 4.78 is 0. The lowest BCUT2D eigenvalue weighted by molar-refractivity contribution is 0.0926. The number of carbonyl (C=O) groups excluding carboxylic acids is 1. The molecule has 0 atom stereocenters. The van der Waals surface area contributed by atoms with Crippen LogP contribution < -0.4 is 4.90 Å². The van der Waals surface area contributed by atoms with Gasteiger partial charge in [0.05, 0.1) is 6.54 Å². The van der Waals surface area contributed by atoms with Crippen LogP contribution in [-0.2, 0) is 0 Å². The molecule has 23 heavy (non-hydrogen) atoms. The first-order chi connectivity index (χ1) is 11.1. The van der Waals surface area contributed by atoms with Gasteiger partial charge in [0, 0.05) is 47.5 Å². The van der Waals surface area contributed by atoms with Gasteiger partial charge in [-0.3, -0.25) is 9.69 Å². The maximum Gasteiger partial charge on any atom is 0.176 e. The maximum absolute atomic E-state index is 12.3. The molecule has 0 N–H and O–H groups in total. The molecule has 120 valence electrons. The van der Waals surface area contributed by atoms with Crippen LogP contribution in [-0.4, -0.2) is 43.4 Å². The van der Waals surface area contributed by atoms with Crippen LogP contribution in [0, 0.1) is 0 Å². The average Bonchev–Trinajstić information content (AvgIpc) is 2.57. The van der Waals surface area contributed by atoms with Crippen molar-refractivity contribution in [1.29, 1.82) is 0 Å². The molecule has 1 saturated heterocycles. The standard InChI is InChI=1S/C18H18Cl2N2O/c19-15-3-1-14(2-4-15)18(23)13-21-9-11-22(12-10-21)17-7-5-16(20)6-8-17/h1-8H,9-13H2. The van der Waals surface area contributed by atoms with E-state index >= 15 is 0 Å². The van der Waals surface area contributed by atoms with Crippen molar-refractivity contribution in [2.75, 3.05) is 37.6 Å². The molecule has 0 amide bonds. The Morgan fingerprint density at radius 1 is 0.826 bits per heavy atom. The van der Waals surface area contributed by atoms with Crippen molar-refractivity contribution in [2.24, 2.45) is 0 Å². The van der Waals surface area contributed by atoms with Gasteiger partial charge in [-0.05, 0) is 48.5 Å². The zero-order chi connectivity index (χ0) is 16.2. The molecule has 5 heteroatoms. The van der Waals surface area contributed by atoms with Crippen LogP contribution in [0.1, 0.15) is 10.4 Å². The molecule has 1 fully saturated rings. The third-order valence-corrected chi connectivity index (χ3v) is 4.60. The van der Waals surface area contributed by atoms with E-state index in [9.17, 15) is 4.79 Å². The molecule has 1 aliphatic heterocycles. The second-order valence-electron chi connectivity index (χ2n) is 5.67. The zero-order valence-corrected chi connectivity index (χ0v) is 14.2. The average molecular weight is 349 g/mol. The predicted octanol–water partition coefficient (Wildman–Crippen LogP) is 4.00. The molecule has 1 heterocycles. The van der Waals surface area contributed by atoms with Gasteiger partial charge < -0.3 is 4.90 Å². The molecular formula is C18H18Cl2N2O. The van der Waals surface area contributed by atoms with Gasteiger partial charge in [0.15, 0.2) is 5.78 Å². The largest absolute Gasteiger partial charge is 0.369 e. The fourth-order valence-electron chi connectivity index (χ4n) is 2.75. The summed E-state index contributed by atoms with van der Waals surface area (Å²) in [5.41, 5.74) is 1.90. The van der Waals surface area contributed by atoms with Crippen molar-refractivity contribution in [3.8, 4) is 0 Å². The van der Waals surface area contributed by atoms with E-state index < -0.39 is 0 Å². The topological polar surface area (TPSA) is 23.6 Å². The second-order valence-corrected chi connectivity index (χ2v) is 6.54. The van der Waals surface area contributed by atoms with E-state index in [1.807, 2.05) is 24.3 Å². The van der Waals surface area contributed by atoms with E-state index in [4.69, 9.17) is 23.2 Å². The summed E-state index contributed by atoms with van der Waals surface area (Å²) in [5, 5.41) is 1.40. The number of carbonyl (C=O) groups is 1. The van der Waals surface area contributed by atoms with Gasteiger partial charge in [0.25, 0.3) is 0 Å². The highest BCUT2D eigenvalue weighted by Gasteiger charge is 2.19. The number of hydrogen-bond acceptors (Lipinski definition) is 3. The molecule has 3 nitrogen and oxygen atoms in total. The van der Waals surface area contributed by atoms with Crippen LogP contribution >= 0.6 is 23.2 Å². The van der Waals surface area contributed by atoms with Crippen molar-refractivity contribution in [2.45, 2.75) is 0 Å². The lowest BCUT2D eigenvalue weighted by atomic mass is 10.1. The normalized spacial score (nSPS) is 15.7. The molecule has 0 bridgehead atoms. The monoisotopic (exact) mass is 348 g/mol. The van der Waals surface area contributed by atoms with E-state index in [1.165, 1.54) is 5.69 Å². The Morgan fingerprint density at radius 2 is 1.35 bits per heavy atom. The Morgan fingerprint density at radius 3 is 1.91 bits per heavy atom. The summed E-state index contributed by atoms with van der Waals surface area (Å²) in [6.07, 6.45) is 0. The van der Waals surface area contributed by atoms with E-state index in [-0.39, 0.29) is 5.78 Å². The highest BCUT2D eigenvalue weighted by molar-refractivity contribution is 6.30. The number of Topliss-reactive ketones (excluding diaryl/α,β-unsaturated/α-hetero) is 1. The summed E-state index contributed by atoms with van der Waals surface area (Å²) in [7, 11) is 0. The lowest BCUT2D eigenvalue weighted by Crippen LogP contribution is -2.48. The highest BCUT2D eigenvalue weighted by Crippen LogP contribution is 2.19. The Balaban J connectivity index is 1.53. The van der Waals surface area contributed by atoms with Crippen molar-refractivity contribution >= 4 is 34.7 Å². The van der Waals surface area contributed by atoms with Crippen LogP contribution in [0.2, 0.25) is 10.0 Å². The minimum absolute atomic E-state index is 0.140. The van der Waals surface area contributed by atoms with E-state index in [0.29, 0.717) is 11.6 Å². The molecule has 0 spiro atoms. The Hall–Kier alpha value is -1.55. The lowest BCUT2D eigenvalue weighted by Gasteiger charge is -2.35. The molecule has 0 saturated carbocycles. The number of hydrogen-bond donors (Lipinski definition) is 0. The number of benzene rings is 2. The number of nitrogens with zero attached hydrogens (tertiary/aromatic N) is 2. The summed E-state index contributed by atoms with van der Waals surface area (Å²) in [6.45, 7) is 4.03. The number of rotatable bonds is 4. The minimum Gasteiger partial charge on any atom is -0.369 e. The molecule has 1 aliphatic rings. The molecule has 2 aromatic carbocycles. The molecule has 3 rings (SSSR count). The van der Waals surface area contributed by atoms with Gasteiger partial charge in [0.1, 0.15) is 0 Å². The van der Waals surface area contributed by atoms with Gasteiger partial charge in [0.2, 0.25) is 0 Å². The van der Waals surface area contributed by atoms with Crippen molar-refractivity contribution in [3.05, 3.63) is 64.1 Å². The fraction of sp³-hybridized carbons (Fsp3) is 0.278. The third kappa shape index (κ3) is 4.25. The molecule has 2 aromatic rings. The van der Waals surface area contributed by atoms with Crippen molar-refractivity contribution in [1.82, 2.24) is 4.90 Å². The number of halogens is 2. The first-order valence-corrected chi connectivity index (χ1v) is 8.39. The SMILES string of the molecule is O=C(CN1CCN(c2ccc(Cl)cc2)CC1)c1ccc(Cl)cc1. The van der Waals surface area contributed by atoms with Gasteiger partial charge in [-0.15, -0.1) is 0 Å². The first kappa shape index (κ1) is 16.3. The van der Waals surface area contributed by atoms with Gasteiger partial charge in [-0.1, -0.05) is 23.2 Å². The van der Waals surface area contributed by atoms with E-state index in [1.54, 1.807) is 24.3 Å². The fourth-order valence-corrected chi connectivity index (χ4v) is 3.00. The quantitative estimate of drug-likeness (QED) is 0.780. The molecule has 0 aromatic heterocycles. The van der Waals surface area contributed by atoms with Crippen LogP contribution in [0.25, 0.3) is 0 Å². The summed E-state index contributed by atoms with van der Waals surface area (Å²) in [6, 6.07) is 15.0. The second kappa shape index (κ2) is 7.35. The van der Waals surface area contributed by atoms with Crippen LogP contribution in [0.15, 0.2) is 48.5 Å². The number of anilines is 1. The van der Waals surface area contributed by atoms with Gasteiger partial charge >= 0.3 is 0 Å². The molecule has 0 unspecified atom stereocenters. The Kier molecular flexibility index (Phi) is 5.21. The highest BCUT2D eigenvalue weighted by atomic mass is 35.5. The Labute approximate surface area is 146 Å². The maximum atomic E-state index is 12.3. The van der Waals surface area contributed by atoms with Gasteiger partial charge in [-0.2, -0.15) is 0 Å². The molecule has 0 radical (unpaired) electrons. The number of piperazine rings is 1. The zero-order valence-electron chi connectivity index (χ0n) is 12.7. The van der Waals surface area contributed by atoms with Crippen molar-refractivity contribution in [3.63, 3.8) is 0 Å². The molecule has 0 aliphatic carbocycles. The summed E-state index contributed by atoms with van der Waals surface area (Å²) in [4.78, 5) is 16.8. The van der Waals surface area contributed by atoms with Crippen molar-refractivity contribution < 1.29 is 4.79 Å². The number of ketones is 1. The smallest absolute Gasteiger partial charge is 0.176 e. The first-order valence-electron chi connectivity index (χ1n) is 7.63. The minimum atomic E-state index is 0.140. The van der Waals surface area contributed by atoms with Crippen LogP contribution in [0.4, 0.5) is 5.69 Å². The van der Waals surface area contributed by atoms with Crippen LogP contribution in [0.3, 0.4) is 0 Å². The van der Waals surface area contributed by atoms with E-state index in [2.05, 4.69) is 9.80 Å². The van der Waals surface area contributed by atoms with Gasteiger partial charge in [-0.25, -0.2) is 0 Å². The third-order valence-electron chi connectivity index (χ3n) is 4.10. The summed E-state index contributed by atoms with van der Waals surface area (Å²) >= 11 is 11.8.